The molecule has 2 nitrogen and oxygen atoms in total. The van der Waals surface area contributed by atoms with Crippen molar-refractivity contribution in [3.8, 4) is 11.8 Å². The highest BCUT2D eigenvalue weighted by Crippen LogP contribution is 2.29. The van der Waals surface area contributed by atoms with Crippen molar-refractivity contribution in [1.82, 2.24) is 0 Å². The van der Waals surface area contributed by atoms with Gasteiger partial charge in [-0.2, -0.15) is 5.26 Å². The molecule has 0 aliphatic rings. The molecule has 0 radical (unpaired) electrons. The number of halogens is 2. The van der Waals surface area contributed by atoms with E-state index in [1.807, 2.05) is 12.1 Å². The summed E-state index contributed by atoms with van der Waals surface area (Å²) in [5.74, 6) is 0.738. The molecule has 0 heterocycles. The number of rotatable bonds is 3. The maximum absolute atomic E-state index is 9.31. The lowest BCUT2D eigenvalue weighted by atomic mass is 10.0. The molecule has 0 saturated heterocycles. The van der Waals surface area contributed by atoms with Crippen molar-refractivity contribution < 1.29 is 4.74 Å². The highest BCUT2D eigenvalue weighted by molar-refractivity contribution is 6.37. The van der Waals surface area contributed by atoms with Crippen LogP contribution in [0.25, 0.3) is 11.6 Å². The summed E-state index contributed by atoms with van der Waals surface area (Å²) in [7, 11) is 1.60. The molecule has 2 aromatic rings. The third-order valence-corrected chi connectivity index (χ3v) is 3.47. The summed E-state index contributed by atoms with van der Waals surface area (Å²) < 4.78 is 5.09. The van der Waals surface area contributed by atoms with Gasteiger partial charge in [-0.15, -0.1) is 0 Å². The van der Waals surface area contributed by atoms with Crippen LogP contribution in [0.1, 0.15) is 11.1 Å². The van der Waals surface area contributed by atoms with Crippen LogP contribution >= 0.6 is 23.2 Å². The van der Waals surface area contributed by atoms with E-state index in [1.165, 1.54) is 0 Å². The SMILES string of the molecule is COc1ccc(C(C#N)=Cc2c(Cl)cccc2Cl)cc1. The minimum absolute atomic E-state index is 0.489. The molecule has 0 spiro atoms. The first-order valence-electron chi connectivity index (χ1n) is 5.86. The Morgan fingerprint density at radius 1 is 1.10 bits per heavy atom. The number of ether oxygens (including phenoxy) is 1. The minimum atomic E-state index is 0.489. The second kappa shape index (κ2) is 6.47. The van der Waals surface area contributed by atoms with Gasteiger partial charge < -0.3 is 4.74 Å². The predicted molar refractivity (Wildman–Crippen MR) is 82.9 cm³/mol. The van der Waals surface area contributed by atoms with Crippen molar-refractivity contribution in [1.29, 1.82) is 5.26 Å². The zero-order valence-electron chi connectivity index (χ0n) is 10.7. The van der Waals surface area contributed by atoms with Gasteiger partial charge in [0.15, 0.2) is 0 Å². The van der Waals surface area contributed by atoms with Crippen LogP contribution in [0.15, 0.2) is 42.5 Å². The number of nitrogens with zero attached hydrogens (tertiary/aromatic N) is 1. The third-order valence-electron chi connectivity index (χ3n) is 2.81. The zero-order valence-corrected chi connectivity index (χ0v) is 12.2. The Bertz CT molecular complexity index is 664. The summed E-state index contributed by atoms with van der Waals surface area (Å²) >= 11 is 12.2. The number of methoxy groups -OCH3 is 1. The monoisotopic (exact) mass is 303 g/mol. The Morgan fingerprint density at radius 2 is 1.70 bits per heavy atom. The van der Waals surface area contributed by atoms with Crippen molar-refractivity contribution in [2.75, 3.05) is 7.11 Å². The van der Waals surface area contributed by atoms with E-state index in [4.69, 9.17) is 27.9 Å². The van der Waals surface area contributed by atoms with Crippen LogP contribution in [-0.4, -0.2) is 7.11 Å². The van der Waals surface area contributed by atoms with Crippen LogP contribution in [0.3, 0.4) is 0 Å². The molecule has 0 unspecified atom stereocenters. The van der Waals surface area contributed by atoms with Crippen LogP contribution < -0.4 is 4.74 Å². The molecule has 2 rings (SSSR count). The van der Waals surface area contributed by atoms with Gasteiger partial charge in [0, 0.05) is 15.6 Å². The fraction of sp³-hybridized carbons (Fsp3) is 0.0625. The molecular formula is C16H11Cl2NO. The first-order chi connectivity index (χ1) is 9.65. The summed E-state index contributed by atoms with van der Waals surface area (Å²) in [4.78, 5) is 0. The summed E-state index contributed by atoms with van der Waals surface area (Å²) in [5.41, 5.74) is 1.91. The number of hydrogen-bond acceptors (Lipinski definition) is 2. The normalized spacial score (nSPS) is 11.0. The Morgan fingerprint density at radius 3 is 2.20 bits per heavy atom. The lowest BCUT2D eigenvalue weighted by molar-refractivity contribution is 0.415. The van der Waals surface area contributed by atoms with E-state index in [2.05, 4.69) is 6.07 Å². The van der Waals surface area contributed by atoms with Gasteiger partial charge in [0.05, 0.1) is 18.8 Å². The maximum Gasteiger partial charge on any atom is 0.118 e. The Balaban J connectivity index is 2.46. The zero-order chi connectivity index (χ0) is 14.5. The Hall–Kier alpha value is -1.95. The Kier molecular flexibility index (Phi) is 4.68. The van der Waals surface area contributed by atoms with Gasteiger partial charge in [0.2, 0.25) is 0 Å². The highest BCUT2D eigenvalue weighted by atomic mass is 35.5. The molecule has 0 aromatic heterocycles. The van der Waals surface area contributed by atoms with Crippen LogP contribution in [0.4, 0.5) is 0 Å². The number of allylic oxidation sites excluding steroid dienone is 1. The van der Waals surface area contributed by atoms with Gasteiger partial charge in [-0.25, -0.2) is 0 Å². The molecule has 0 amide bonds. The fourth-order valence-electron chi connectivity index (χ4n) is 1.74. The number of hydrogen-bond donors (Lipinski definition) is 0. The topological polar surface area (TPSA) is 33.0 Å². The first kappa shape index (κ1) is 14.5. The van der Waals surface area contributed by atoms with Crippen molar-refractivity contribution in [3.63, 3.8) is 0 Å². The molecule has 0 aliphatic heterocycles. The van der Waals surface area contributed by atoms with E-state index < -0.39 is 0 Å². The molecule has 0 atom stereocenters. The Labute approximate surface area is 127 Å². The quantitative estimate of drug-likeness (QED) is 0.586. The van der Waals surface area contributed by atoms with E-state index in [0.717, 1.165) is 11.3 Å². The van der Waals surface area contributed by atoms with Crippen molar-refractivity contribution in [2.24, 2.45) is 0 Å². The van der Waals surface area contributed by atoms with Crippen LogP contribution in [0.5, 0.6) is 5.75 Å². The summed E-state index contributed by atoms with van der Waals surface area (Å²) in [6.07, 6.45) is 1.69. The van der Waals surface area contributed by atoms with Crippen molar-refractivity contribution in [2.45, 2.75) is 0 Å². The maximum atomic E-state index is 9.31. The molecule has 0 fully saturated rings. The molecular weight excluding hydrogens is 293 g/mol. The third kappa shape index (κ3) is 3.14. The molecule has 2 aromatic carbocycles. The molecule has 0 N–H and O–H groups in total. The van der Waals surface area contributed by atoms with Crippen LogP contribution in [-0.2, 0) is 0 Å². The van der Waals surface area contributed by atoms with E-state index in [0.29, 0.717) is 21.2 Å². The lowest BCUT2D eigenvalue weighted by Crippen LogP contribution is -1.86. The minimum Gasteiger partial charge on any atom is -0.497 e. The molecule has 4 heteroatoms. The lowest BCUT2D eigenvalue weighted by Gasteiger charge is -2.05. The standard InChI is InChI=1S/C16H11Cl2NO/c1-20-13-7-5-11(6-8-13)12(10-19)9-14-15(17)3-2-4-16(14)18/h2-9H,1H3. The van der Waals surface area contributed by atoms with Gasteiger partial charge in [-0.3, -0.25) is 0 Å². The summed E-state index contributed by atoms with van der Waals surface area (Å²) in [5, 5.41) is 10.3. The molecule has 0 bridgehead atoms. The van der Waals surface area contributed by atoms with Crippen LogP contribution in [0, 0.1) is 11.3 Å². The largest absolute Gasteiger partial charge is 0.497 e. The average Bonchev–Trinajstić information content (AvgIpc) is 2.47. The van der Waals surface area contributed by atoms with Gasteiger partial charge >= 0.3 is 0 Å². The highest BCUT2D eigenvalue weighted by Gasteiger charge is 2.06. The van der Waals surface area contributed by atoms with Crippen LogP contribution in [0.2, 0.25) is 10.0 Å². The van der Waals surface area contributed by atoms with E-state index >= 15 is 0 Å². The van der Waals surface area contributed by atoms with Crippen molar-refractivity contribution in [3.05, 3.63) is 63.6 Å². The summed E-state index contributed by atoms with van der Waals surface area (Å²) in [6, 6.07) is 14.6. The van der Waals surface area contributed by atoms with Crippen molar-refractivity contribution >= 4 is 34.9 Å². The molecule has 20 heavy (non-hydrogen) atoms. The van der Waals surface area contributed by atoms with E-state index in [9.17, 15) is 5.26 Å². The van der Waals surface area contributed by atoms with E-state index in [-0.39, 0.29) is 0 Å². The second-order valence-corrected chi connectivity index (χ2v) is 4.85. The second-order valence-electron chi connectivity index (χ2n) is 4.03. The summed E-state index contributed by atoms with van der Waals surface area (Å²) in [6.45, 7) is 0. The van der Waals surface area contributed by atoms with Gasteiger partial charge in [-0.05, 0) is 48.0 Å². The molecule has 0 aliphatic carbocycles. The predicted octanol–water partition coefficient (Wildman–Crippen LogP) is 5.07. The molecule has 100 valence electrons. The fourth-order valence-corrected chi connectivity index (χ4v) is 2.25. The number of benzene rings is 2. The first-order valence-corrected chi connectivity index (χ1v) is 6.61. The average molecular weight is 304 g/mol. The van der Waals surface area contributed by atoms with Gasteiger partial charge in [0.25, 0.3) is 0 Å². The van der Waals surface area contributed by atoms with Gasteiger partial charge in [-0.1, -0.05) is 29.3 Å². The van der Waals surface area contributed by atoms with E-state index in [1.54, 1.807) is 43.5 Å². The number of nitriles is 1. The van der Waals surface area contributed by atoms with Gasteiger partial charge in [0.1, 0.15) is 5.75 Å². The molecule has 0 saturated carbocycles. The smallest absolute Gasteiger partial charge is 0.118 e.